The average molecular weight is 441 g/mol. The molecule has 1 saturated carbocycles. The SMILES string of the molecule is O=C(O)[C@H]1CC=C(c2nn(C(=O)c3c(Cl)cccc3C3CCC3)c3c2CCOC3)CC1. The molecule has 1 aromatic heterocycles. The van der Waals surface area contributed by atoms with Crippen LogP contribution in [-0.2, 0) is 22.6 Å². The number of rotatable bonds is 4. The number of carbonyl (C=O) groups excluding carboxylic acids is 1. The van der Waals surface area contributed by atoms with Crippen LogP contribution in [0.15, 0.2) is 24.3 Å². The number of hydrogen-bond donors (Lipinski definition) is 1. The fourth-order valence-electron chi connectivity index (χ4n) is 4.87. The lowest BCUT2D eigenvalue weighted by atomic mass is 9.78. The third-order valence-electron chi connectivity index (χ3n) is 6.89. The van der Waals surface area contributed by atoms with Crippen molar-refractivity contribution in [3.63, 3.8) is 0 Å². The summed E-state index contributed by atoms with van der Waals surface area (Å²) in [6, 6.07) is 5.68. The van der Waals surface area contributed by atoms with Gasteiger partial charge in [-0.1, -0.05) is 36.2 Å². The molecule has 0 spiro atoms. The lowest BCUT2D eigenvalue weighted by Crippen LogP contribution is -2.23. The minimum absolute atomic E-state index is 0.208. The van der Waals surface area contributed by atoms with Crippen molar-refractivity contribution in [1.82, 2.24) is 9.78 Å². The number of carboxylic acids is 1. The Hall–Kier alpha value is -2.44. The van der Waals surface area contributed by atoms with E-state index in [9.17, 15) is 14.7 Å². The molecular formula is C24H25ClN2O4. The fourth-order valence-corrected chi connectivity index (χ4v) is 5.13. The van der Waals surface area contributed by atoms with Crippen molar-refractivity contribution >= 4 is 29.1 Å². The third-order valence-corrected chi connectivity index (χ3v) is 7.20. The van der Waals surface area contributed by atoms with Crippen LogP contribution in [0.5, 0.6) is 0 Å². The second-order valence-electron chi connectivity index (χ2n) is 8.66. The van der Waals surface area contributed by atoms with E-state index in [1.165, 1.54) is 11.1 Å². The Morgan fingerprint density at radius 1 is 1.19 bits per heavy atom. The number of hydrogen-bond acceptors (Lipinski definition) is 4. The van der Waals surface area contributed by atoms with Gasteiger partial charge in [-0.15, -0.1) is 0 Å². The summed E-state index contributed by atoms with van der Waals surface area (Å²) in [5, 5.41) is 14.5. The summed E-state index contributed by atoms with van der Waals surface area (Å²) < 4.78 is 7.15. The van der Waals surface area contributed by atoms with Gasteiger partial charge in [0, 0.05) is 5.56 Å². The monoisotopic (exact) mass is 440 g/mol. The quantitative estimate of drug-likeness (QED) is 0.736. The van der Waals surface area contributed by atoms with Gasteiger partial charge < -0.3 is 9.84 Å². The maximum absolute atomic E-state index is 13.7. The number of allylic oxidation sites excluding steroid dienone is 2. The van der Waals surface area contributed by atoms with E-state index >= 15 is 0 Å². The summed E-state index contributed by atoms with van der Waals surface area (Å²) in [6.45, 7) is 0.923. The fraction of sp³-hybridized carbons (Fsp3) is 0.458. The van der Waals surface area contributed by atoms with Crippen LogP contribution in [0.3, 0.4) is 0 Å². The van der Waals surface area contributed by atoms with Crippen molar-refractivity contribution in [2.24, 2.45) is 5.92 Å². The van der Waals surface area contributed by atoms with Crippen molar-refractivity contribution in [3.8, 4) is 0 Å². The summed E-state index contributed by atoms with van der Waals surface area (Å²) in [5.74, 6) is -0.942. The predicted molar refractivity (Wildman–Crippen MR) is 116 cm³/mol. The largest absolute Gasteiger partial charge is 0.481 e. The van der Waals surface area contributed by atoms with E-state index in [1.807, 2.05) is 18.2 Å². The number of carbonyl (C=O) groups is 2. The van der Waals surface area contributed by atoms with Crippen LogP contribution in [0.2, 0.25) is 5.02 Å². The second kappa shape index (κ2) is 8.24. The summed E-state index contributed by atoms with van der Waals surface area (Å²) in [6.07, 6.45) is 7.71. The Labute approximate surface area is 185 Å². The molecule has 2 heterocycles. The zero-order valence-electron chi connectivity index (χ0n) is 17.3. The first-order valence-electron chi connectivity index (χ1n) is 11.0. The lowest BCUT2D eigenvalue weighted by Gasteiger charge is -2.28. The highest BCUT2D eigenvalue weighted by atomic mass is 35.5. The summed E-state index contributed by atoms with van der Waals surface area (Å²) >= 11 is 6.52. The minimum atomic E-state index is -0.756. The summed E-state index contributed by atoms with van der Waals surface area (Å²) in [7, 11) is 0. The van der Waals surface area contributed by atoms with Crippen LogP contribution in [0.4, 0.5) is 0 Å². The van der Waals surface area contributed by atoms with Crippen molar-refractivity contribution in [3.05, 3.63) is 57.4 Å². The zero-order valence-corrected chi connectivity index (χ0v) is 18.0. The Balaban J connectivity index is 1.56. The Kier molecular flexibility index (Phi) is 5.44. The first-order valence-corrected chi connectivity index (χ1v) is 11.4. The number of nitrogens with zero attached hydrogens (tertiary/aromatic N) is 2. The second-order valence-corrected chi connectivity index (χ2v) is 9.07. The van der Waals surface area contributed by atoms with E-state index in [4.69, 9.17) is 21.4 Å². The molecule has 31 heavy (non-hydrogen) atoms. The molecule has 1 atom stereocenters. The van der Waals surface area contributed by atoms with E-state index < -0.39 is 5.97 Å². The van der Waals surface area contributed by atoms with Crippen LogP contribution in [0.25, 0.3) is 5.57 Å². The first kappa shape index (κ1) is 20.5. The molecule has 3 aliphatic rings. The number of ether oxygens (including phenoxy) is 1. The molecular weight excluding hydrogens is 416 g/mol. The average Bonchev–Trinajstić information content (AvgIpc) is 3.12. The summed E-state index contributed by atoms with van der Waals surface area (Å²) in [4.78, 5) is 25.0. The number of carboxylic acid groups (broad SMARTS) is 1. The lowest BCUT2D eigenvalue weighted by molar-refractivity contribution is -0.141. The van der Waals surface area contributed by atoms with Gasteiger partial charge in [0.2, 0.25) is 0 Å². The van der Waals surface area contributed by atoms with Gasteiger partial charge in [-0.25, -0.2) is 0 Å². The van der Waals surface area contributed by atoms with Crippen LogP contribution < -0.4 is 0 Å². The van der Waals surface area contributed by atoms with Gasteiger partial charge in [-0.2, -0.15) is 9.78 Å². The number of benzene rings is 1. The van der Waals surface area contributed by atoms with Gasteiger partial charge in [-0.3, -0.25) is 9.59 Å². The van der Waals surface area contributed by atoms with Gasteiger partial charge in [-0.05, 0) is 61.6 Å². The Morgan fingerprint density at radius 2 is 2.03 bits per heavy atom. The maximum Gasteiger partial charge on any atom is 0.306 e. The minimum Gasteiger partial charge on any atom is -0.481 e. The normalized spacial score (nSPS) is 21.2. The van der Waals surface area contributed by atoms with E-state index in [0.717, 1.165) is 40.9 Å². The van der Waals surface area contributed by atoms with Gasteiger partial charge in [0.15, 0.2) is 0 Å². The Bertz CT molecular complexity index is 1080. The molecule has 162 valence electrons. The van der Waals surface area contributed by atoms with Crippen molar-refractivity contribution in [2.75, 3.05) is 6.61 Å². The standard InChI is InChI=1S/C24H25ClN2O4/c25-19-6-2-5-17(14-3-1-4-14)21(19)23(28)27-20-13-31-12-11-18(20)22(26-27)15-7-9-16(10-8-15)24(29)30/h2,5-7,14,16H,1,3-4,8-13H2,(H,29,30)/t16-/m0/s1. The molecule has 2 aliphatic carbocycles. The third kappa shape index (κ3) is 3.62. The number of halogens is 1. The molecule has 1 N–H and O–H groups in total. The molecule has 1 aliphatic heterocycles. The van der Waals surface area contributed by atoms with Gasteiger partial charge in [0.1, 0.15) is 0 Å². The van der Waals surface area contributed by atoms with E-state index in [-0.39, 0.29) is 11.8 Å². The van der Waals surface area contributed by atoms with E-state index in [2.05, 4.69) is 0 Å². The zero-order chi connectivity index (χ0) is 21.5. The highest BCUT2D eigenvalue weighted by molar-refractivity contribution is 6.34. The molecule has 6 nitrogen and oxygen atoms in total. The first-order chi connectivity index (χ1) is 15.0. The number of aliphatic carboxylic acids is 1. The highest BCUT2D eigenvalue weighted by Gasteiger charge is 2.32. The molecule has 7 heteroatoms. The van der Waals surface area contributed by atoms with Gasteiger partial charge in [0.05, 0.1) is 41.1 Å². The van der Waals surface area contributed by atoms with Gasteiger partial charge in [0.25, 0.3) is 5.91 Å². The molecule has 0 saturated heterocycles. The van der Waals surface area contributed by atoms with E-state index in [0.29, 0.717) is 55.4 Å². The molecule has 1 aromatic carbocycles. The molecule has 1 fully saturated rings. The molecule has 0 amide bonds. The van der Waals surface area contributed by atoms with Crippen LogP contribution >= 0.6 is 11.6 Å². The Morgan fingerprint density at radius 3 is 2.71 bits per heavy atom. The van der Waals surface area contributed by atoms with Gasteiger partial charge >= 0.3 is 5.97 Å². The topological polar surface area (TPSA) is 81.4 Å². The maximum atomic E-state index is 13.7. The molecule has 5 rings (SSSR count). The number of aromatic nitrogens is 2. The highest BCUT2D eigenvalue weighted by Crippen LogP contribution is 2.40. The van der Waals surface area contributed by atoms with Crippen LogP contribution in [-0.4, -0.2) is 33.4 Å². The van der Waals surface area contributed by atoms with Crippen molar-refractivity contribution in [1.29, 1.82) is 0 Å². The number of fused-ring (bicyclic) bond motifs is 1. The molecule has 0 unspecified atom stereocenters. The predicted octanol–water partition coefficient (Wildman–Crippen LogP) is 4.83. The smallest absolute Gasteiger partial charge is 0.306 e. The molecule has 2 aromatic rings. The molecule has 0 radical (unpaired) electrons. The van der Waals surface area contributed by atoms with Crippen molar-refractivity contribution < 1.29 is 19.4 Å². The van der Waals surface area contributed by atoms with Crippen LogP contribution in [0, 0.1) is 5.92 Å². The summed E-state index contributed by atoms with van der Waals surface area (Å²) in [5.41, 5.74) is 5.21. The molecule has 0 bridgehead atoms. The van der Waals surface area contributed by atoms with Crippen LogP contribution in [0.1, 0.15) is 77.3 Å². The van der Waals surface area contributed by atoms with E-state index in [1.54, 1.807) is 6.07 Å². The van der Waals surface area contributed by atoms with Crippen molar-refractivity contribution in [2.45, 2.75) is 57.5 Å².